The SMILES string of the molecule is O=C(NCC(C1CCOC1)N1CCOCC1)C1CCCCN1S(=O)(=O)c1ccccc1. The highest BCUT2D eigenvalue weighted by Gasteiger charge is 2.38. The highest BCUT2D eigenvalue weighted by Crippen LogP contribution is 2.26. The zero-order valence-corrected chi connectivity index (χ0v) is 18.8. The van der Waals surface area contributed by atoms with Crippen LogP contribution >= 0.6 is 0 Å². The lowest BCUT2D eigenvalue weighted by Gasteiger charge is -2.38. The molecular weight excluding hydrogens is 418 g/mol. The summed E-state index contributed by atoms with van der Waals surface area (Å²) in [6.45, 7) is 5.42. The van der Waals surface area contributed by atoms with E-state index in [1.165, 1.54) is 4.31 Å². The maximum atomic E-state index is 13.2. The van der Waals surface area contributed by atoms with Gasteiger partial charge >= 0.3 is 0 Å². The van der Waals surface area contributed by atoms with E-state index in [0.29, 0.717) is 45.2 Å². The van der Waals surface area contributed by atoms with Crippen molar-refractivity contribution >= 4 is 15.9 Å². The number of sulfonamides is 1. The second-order valence-electron chi connectivity index (χ2n) is 8.52. The van der Waals surface area contributed by atoms with Gasteiger partial charge in [-0.1, -0.05) is 24.6 Å². The van der Waals surface area contributed by atoms with Crippen LogP contribution in [0.3, 0.4) is 0 Å². The fourth-order valence-corrected chi connectivity index (χ4v) is 6.54. The number of carbonyl (C=O) groups excluding carboxylic acids is 1. The lowest BCUT2D eigenvalue weighted by atomic mass is 9.96. The smallest absolute Gasteiger partial charge is 0.243 e. The van der Waals surface area contributed by atoms with E-state index in [2.05, 4.69) is 10.2 Å². The van der Waals surface area contributed by atoms with Gasteiger partial charge in [0.25, 0.3) is 0 Å². The Morgan fingerprint density at radius 3 is 2.52 bits per heavy atom. The van der Waals surface area contributed by atoms with Crippen LogP contribution in [-0.4, -0.2) is 88.2 Å². The first-order valence-corrected chi connectivity index (χ1v) is 12.8. The molecule has 1 aromatic carbocycles. The Morgan fingerprint density at radius 2 is 1.81 bits per heavy atom. The van der Waals surface area contributed by atoms with Crippen molar-refractivity contribution in [1.29, 1.82) is 0 Å². The maximum Gasteiger partial charge on any atom is 0.243 e. The number of hydrogen-bond acceptors (Lipinski definition) is 6. The minimum atomic E-state index is -3.71. The molecule has 3 aliphatic heterocycles. The molecule has 9 heteroatoms. The van der Waals surface area contributed by atoms with E-state index < -0.39 is 16.1 Å². The molecule has 8 nitrogen and oxygen atoms in total. The number of amides is 1. The lowest BCUT2D eigenvalue weighted by molar-refractivity contribution is -0.126. The second kappa shape index (κ2) is 10.4. The number of ether oxygens (including phenoxy) is 2. The molecule has 0 aliphatic carbocycles. The molecule has 1 amide bonds. The number of nitrogens with one attached hydrogen (secondary N) is 1. The first-order valence-electron chi connectivity index (χ1n) is 11.3. The molecule has 0 saturated carbocycles. The normalized spacial score (nSPS) is 27.1. The number of hydrogen-bond donors (Lipinski definition) is 1. The van der Waals surface area contributed by atoms with E-state index in [1.54, 1.807) is 30.3 Å². The average Bonchev–Trinajstić information content (AvgIpc) is 3.35. The van der Waals surface area contributed by atoms with Crippen molar-refractivity contribution in [3.63, 3.8) is 0 Å². The van der Waals surface area contributed by atoms with Crippen LogP contribution in [-0.2, 0) is 24.3 Å². The molecule has 3 heterocycles. The largest absolute Gasteiger partial charge is 0.381 e. The quantitative estimate of drug-likeness (QED) is 0.668. The molecule has 4 rings (SSSR count). The molecule has 0 aromatic heterocycles. The van der Waals surface area contributed by atoms with Gasteiger partial charge in [0.15, 0.2) is 0 Å². The Morgan fingerprint density at radius 1 is 1.03 bits per heavy atom. The van der Waals surface area contributed by atoms with Crippen molar-refractivity contribution < 1.29 is 22.7 Å². The summed E-state index contributed by atoms with van der Waals surface area (Å²) in [5.74, 6) is 0.172. The van der Waals surface area contributed by atoms with Crippen LogP contribution in [0.25, 0.3) is 0 Å². The molecule has 3 unspecified atom stereocenters. The zero-order valence-electron chi connectivity index (χ0n) is 17.9. The van der Waals surface area contributed by atoms with Gasteiger partial charge in [-0.3, -0.25) is 9.69 Å². The van der Waals surface area contributed by atoms with Gasteiger partial charge in [-0.2, -0.15) is 4.31 Å². The third-order valence-electron chi connectivity index (χ3n) is 6.62. The summed E-state index contributed by atoms with van der Waals surface area (Å²) in [4.78, 5) is 15.8. The van der Waals surface area contributed by atoms with Gasteiger partial charge in [-0.25, -0.2) is 8.42 Å². The van der Waals surface area contributed by atoms with E-state index >= 15 is 0 Å². The summed E-state index contributed by atoms with van der Waals surface area (Å²) < 4.78 is 38.9. The Kier molecular flexibility index (Phi) is 7.60. The van der Waals surface area contributed by atoms with Crippen molar-refractivity contribution in [3.05, 3.63) is 30.3 Å². The standard InChI is InChI=1S/C22H33N3O5S/c26-22(23-16-21(18-9-13-30-17-18)24-11-14-29-15-12-24)20-8-4-5-10-25(20)31(27,28)19-6-2-1-3-7-19/h1-3,6-7,18,20-21H,4-5,8-17H2,(H,23,26). The molecule has 0 bridgehead atoms. The first-order chi connectivity index (χ1) is 15.1. The first kappa shape index (κ1) is 22.7. The molecule has 0 radical (unpaired) electrons. The average molecular weight is 452 g/mol. The number of piperidine rings is 1. The third-order valence-corrected chi connectivity index (χ3v) is 8.54. The Labute approximate surface area is 184 Å². The van der Waals surface area contributed by atoms with Gasteiger partial charge in [-0.05, 0) is 31.4 Å². The zero-order chi connectivity index (χ0) is 21.7. The molecule has 3 aliphatic rings. The molecular formula is C22H33N3O5S. The number of nitrogens with zero attached hydrogens (tertiary/aromatic N) is 2. The molecule has 31 heavy (non-hydrogen) atoms. The number of carbonyl (C=O) groups is 1. The van der Waals surface area contributed by atoms with E-state index in [-0.39, 0.29) is 16.8 Å². The number of benzene rings is 1. The number of rotatable bonds is 7. The van der Waals surface area contributed by atoms with E-state index in [9.17, 15) is 13.2 Å². The van der Waals surface area contributed by atoms with Gasteiger partial charge in [-0.15, -0.1) is 0 Å². The summed E-state index contributed by atoms with van der Waals surface area (Å²) >= 11 is 0. The summed E-state index contributed by atoms with van der Waals surface area (Å²) in [6.07, 6.45) is 3.15. The fraction of sp³-hybridized carbons (Fsp3) is 0.682. The summed E-state index contributed by atoms with van der Waals surface area (Å²) in [6, 6.07) is 7.91. The van der Waals surface area contributed by atoms with Crippen LogP contribution in [0, 0.1) is 5.92 Å². The van der Waals surface area contributed by atoms with E-state index in [4.69, 9.17) is 9.47 Å². The predicted octanol–water partition coefficient (Wildman–Crippen LogP) is 1.08. The Hall–Kier alpha value is -1.52. The Balaban J connectivity index is 1.45. The summed E-state index contributed by atoms with van der Waals surface area (Å²) in [7, 11) is -3.71. The Bertz CT molecular complexity index is 823. The monoisotopic (exact) mass is 451 g/mol. The van der Waals surface area contributed by atoms with Crippen molar-refractivity contribution in [2.24, 2.45) is 5.92 Å². The molecule has 172 valence electrons. The van der Waals surface area contributed by atoms with E-state index in [1.807, 2.05) is 0 Å². The summed E-state index contributed by atoms with van der Waals surface area (Å²) in [5, 5.41) is 3.10. The number of morpholine rings is 1. The molecule has 1 aromatic rings. The predicted molar refractivity (Wildman–Crippen MR) is 116 cm³/mol. The van der Waals surface area contributed by atoms with Gasteiger partial charge in [0.1, 0.15) is 6.04 Å². The van der Waals surface area contributed by atoms with Crippen LogP contribution < -0.4 is 5.32 Å². The highest BCUT2D eigenvalue weighted by atomic mass is 32.2. The molecule has 3 atom stereocenters. The van der Waals surface area contributed by atoms with E-state index in [0.717, 1.165) is 39.0 Å². The van der Waals surface area contributed by atoms with Crippen LogP contribution in [0.2, 0.25) is 0 Å². The second-order valence-corrected chi connectivity index (χ2v) is 10.4. The fourth-order valence-electron chi connectivity index (χ4n) is 4.86. The summed E-state index contributed by atoms with van der Waals surface area (Å²) in [5.41, 5.74) is 0. The van der Waals surface area contributed by atoms with Crippen LogP contribution in [0.15, 0.2) is 35.2 Å². The van der Waals surface area contributed by atoms with Crippen LogP contribution in [0.1, 0.15) is 25.7 Å². The third kappa shape index (κ3) is 5.28. The van der Waals surface area contributed by atoms with Gasteiger partial charge < -0.3 is 14.8 Å². The van der Waals surface area contributed by atoms with Gasteiger partial charge in [0, 0.05) is 44.7 Å². The highest BCUT2D eigenvalue weighted by molar-refractivity contribution is 7.89. The van der Waals surface area contributed by atoms with Crippen LogP contribution in [0.5, 0.6) is 0 Å². The maximum absolute atomic E-state index is 13.2. The van der Waals surface area contributed by atoms with Crippen molar-refractivity contribution in [2.75, 3.05) is 52.6 Å². The van der Waals surface area contributed by atoms with Crippen molar-refractivity contribution in [2.45, 2.75) is 42.7 Å². The minimum absolute atomic E-state index is 0.179. The molecule has 3 fully saturated rings. The molecule has 1 N–H and O–H groups in total. The van der Waals surface area contributed by atoms with Crippen molar-refractivity contribution in [1.82, 2.24) is 14.5 Å². The topological polar surface area (TPSA) is 88.2 Å². The van der Waals surface area contributed by atoms with Crippen molar-refractivity contribution in [3.8, 4) is 0 Å². The van der Waals surface area contributed by atoms with Gasteiger partial charge in [0.05, 0.1) is 24.7 Å². The minimum Gasteiger partial charge on any atom is -0.381 e. The van der Waals surface area contributed by atoms with Gasteiger partial charge in [0.2, 0.25) is 15.9 Å². The van der Waals surface area contributed by atoms with Crippen LogP contribution in [0.4, 0.5) is 0 Å². The lowest BCUT2D eigenvalue weighted by Crippen LogP contribution is -2.56. The molecule has 3 saturated heterocycles. The molecule has 0 spiro atoms.